The zero-order valence-corrected chi connectivity index (χ0v) is 19.1. The maximum atomic E-state index is 13.2. The number of nitrogens with one attached hydrogen (secondary N) is 1. The number of nitrogens with zero attached hydrogens (tertiary/aromatic N) is 2. The van der Waals surface area contributed by atoms with Gasteiger partial charge in [-0.3, -0.25) is 14.5 Å². The van der Waals surface area contributed by atoms with Crippen LogP contribution in [0.5, 0.6) is 0 Å². The van der Waals surface area contributed by atoms with Crippen molar-refractivity contribution in [2.24, 2.45) is 4.99 Å². The second-order valence-corrected chi connectivity index (χ2v) is 8.87. The van der Waals surface area contributed by atoms with Gasteiger partial charge >= 0.3 is 5.97 Å². The van der Waals surface area contributed by atoms with Crippen molar-refractivity contribution in [3.63, 3.8) is 0 Å². The van der Waals surface area contributed by atoms with Crippen molar-refractivity contribution in [1.82, 2.24) is 4.90 Å². The van der Waals surface area contributed by atoms with Gasteiger partial charge in [-0.1, -0.05) is 60.3 Å². The van der Waals surface area contributed by atoms with E-state index >= 15 is 0 Å². The first-order valence-electron chi connectivity index (χ1n) is 10.8. The summed E-state index contributed by atoms with van der Waals surface area (Å²) >= 11 is 1.29. The van der Waals surface area contributed by atoms with Gasteiger partial charge in [-0.15, -0.1) is 0 Å². The summed E-state index contributed by atoms with van der Waals surface area (Å²) in [4.78, 5) is 43.2. The molecule has 7 nitrogen and oxygen atoms in total. The summed E-state index contributed by atoms with van der Waals surface area (Å²) in [7, 11) is 0. The van der Waals surface area contributed by atoms with Crippen LogP contribution in [0.25, 0.3) is 0 Å². The molecule has 0 bridgehead atoms. The number of aromatic carboxylic acids is 1. The van der Waals surface area contributed by atoms with Crippen LogP contribution in [-0.4, -0.2) is 44.8 Å². The predicted molar refractivity (Wildman–Crippen MR) is 133 cm³/mol. The molecular weight excluding hydrogens is 450 g/mol. The Bertz CT molecular complexity index is 1200. The van der Waals surface area contributed by atoms with Crippen LogP contribution >= 0.6 is 11.8 Å². The maximum absolute atomic E-state index is 13.2. The minimum absolute atomic E-state index is 0.0141. The molecule has 1 atom stereocenters. The first-order valence-corrected chi connectivity index (χ1v) is 11.7. The van der Waals surface area contributed by atoms with Crippen LogP contribution in [0.4, 0.5) is 11.4 Å². The number of carboxylic acid groups (broad SMARTS) is 1. The number of carboxylic acids is 1. The molecule has 1 aliphatic rings. The number of anilines is 1. The van der Waals surface area contributed by atoms with Gasteiger partial charge in [0.25, 0.3) is 0 Å². The fourth-order valence-corrected chi connectivity index (χ4v) is 4.69. The van der Waals surface area contributed by atoms with Crippen molar-refractivity contribution in [3.05, 3.63) is 96.1 Å². The number of carbonyl (C=O) groups excluding carboxylic acids is 2. The van der Waals surface area contributed by atoms with E-state index in [9.17, 15) is 14.4 Å². The van der Waals surface area contributed by atoms with Crippen molar-refractivity contribution >= 4 is 46.1 Å². The van der Waals surface area contributed by atoms with Crippen LogP contribution in [-0.2, 0) is 16.0 Å². The van der Waals surface area contributed by atoms with Crippen LogP contribution in [0, 0.1) is 0 Å². The van der Waals surface area contributed by atoms with E-state index in [0.29, 0.717) is 23.8 Å². The summed E-state index contributed by atoms with van der Waals surface area (Å²) in [5.41, 5.74) is 2.47. The second kappa shape index (κ2) is 10.8. The van der Waals surface area contributed by atoms with Crippen LogP contribution in [0.15, 0.2) is 89.9 Å². The standard InChI is InChI=1S/C26H23N3O4S/c30-23(27-21-13-11-19(12-14-21)25(32)33)17-22-24(31)29(16-15-18-7-3-1-4-8-18)26(34-22)28-20-9-5-2-6-10-20/h1-14,22H,15-17H2,(H,27,30)(H,32,33)/t22-/m1/s1. The van der Waals surface area contributed by atoms with E-state index in [1.54, 1.807) is 4.90 Å². The summed E-state index contributed by atoms with van der Waals surface area (Å²) in [6.45, 7) is 0.469. The van der Waals surface area contributed by atoms with Crippen LogP contribution in [0.3, 0.4) is 0 Å². The number of rotatable bonds is 8. The smallest absolute Gasteiger partial charge is 0.335 e. The van der Waals surface area contributed by atoms with Gasteiger partial charge in [0.2, 0.25) is 11.8 Å². The minimum Gasteiger partial charge on any atom is -0.478 e. The van der Waals surface area contributed by atoms with Gasteiger partial charge in [-0.2, -0.15) is 0 Å². The average Bonchev–Trinajstić information content (AvgIpc) is 3.12. The van der Waals surface area contributed by atoms with Gasteiger partial charge in [0.1, 0.15) is 5.25 Å². The number of hydrogen-bond acceptors (Lipinski definition) is 5. The van der Waals surface area contributed by atoms with Crippen LogP contribution in [0.1, 0.15) is 22.3 Å². The lowest BCUT2D eigenvalue weighted by Gasteiger charge is -2.16. The van der Waals surface area contributed by atoms with Crippen LogP contribution in [0.2, 0.25) is 0 Å². The molecule has 0 spiro atoms. The molecule has 1 saturated heterocycles. The first kappa shape index (κ1) is 23.3. The van der Waals surface area contributed by atoms with Gasteiger partial charge in [0, 0.05) is 18.7 Å². The van der Waals surface area contributed by atoms with Crippen LogP contribution < -0.4 is 5.32 Å². The molecule has 0 saturated carbocycles. The molecule has 3 aromatic carbocycles. The molecule has 1 aliphatic heterocycles. The molecule has 0 aliphatic carbocycles. The number of amides is 2. The number of hydrogen-bond donors (Lipinski definition) is 2. The highest BCUT2D eigenvalue weighted by atomic mass is 32.2. The Morgan fingerprint density at radius 3 is 2.24 bits per heavy atom. The highest BCUT2D eigenvalue weighted by Crippen LogP contribution is 2.32. The molecule has 2 amide bonds. The Balaban J connectivity index is 1.46. The summed E-state index contributed by atoms with van der Waals surface area (Å²) in [5.74, 6) is -1.50. The van der Waals surface area contributed by atoms with Crippen molar-refractivity contribution in [2.75, 3.05) is 11.9 Å². The van der Waals surface area contributed by atoms with E-state index in [1.807, 2.05) is 60.7 Å². The summed E-state index contributed by atoms with van der Waals surface area (Å²) in [5, 5.41) is 11.7. The normalized spacial score (nSPS) is 16.6. The number of aliphatic imine (C=N–C) groups is 1. The average molecular weight is 474 g/mol. The number of carbonyl (C=O) groups is 3. The molecule has 1 fully saturated rings. The Labute approximate surface area is 201 Å². The Kier molecular flexibility index (Phi) is 7.39. The Hall–Kier alpha value is -3.91. The quantitative estimate of drug-likeness (QED) is 0.499. The van der Waals surface area contributed by atoms with E-state index in [4.69, 9.17) is 5.11 Å². The Morgan fingerprint density at radius 1 is 0.941 bits per heavy atom. The molecule has 34 heavy (non-hydrogen) atoms. The highest BCUT2D eigenvalue weighted by Gasteiger charge is 2.39. The number of amidine groups is 1. The lowest BCUT2D eigenvalue weighted by Crippen LogP contribution is -2.35. The van der Waals surface area contributed by atoms with E-state index in [-0.39, 0.29) is 23.8 Å². The van der Waals surface area contributed by atoms with Gasteiger partial charge in [-0.25, -0.2) is 9.79 Å². The third-order valence-electron chi connectivity index (χ3n) is 5.25. The van der Waals surface area contributed by atoms with Gasteiger partial charge < -0.3 is 10.4 Å². The SMILES string of the molecule is O=C(C[C@H]1SC(=Nc2ccccc2)N(CCc2ccccc2)C1=O)Nc1ccc(C(=O)O)cc1. The highest BCUT2D eigenvalue weighted by molar-refractivity contribution is 8.15. The summed E-state index contributed by atoms with van der Waals surface area (Å²) in [6.07, 6.45) is 0.662. The maximum Gasteiger partial charge on any atom is 0.335 e. The topological polar surface area (TPSA) is 99.1 Å². The number of para-hydroxylation sites is 1. The Morgan fingerprint density at radius 2 is 1.59 bits per heavy atom. The van der Waals surface area contributed by atoms with Crippen molar-refractivity contribution in [2.45, 2.75) is 18.1 Å². The van der Waals surface area contributed by atoms with Crippen molar-refractivity contribution in [3.8, 4) is 0 Å². The first-order chi connectivity index (χ1) is 16.5. The minimum atomic E-state index is -1.04. The lowest BCUT2D eigenvalue weighted by molar-refractivity contribution is -0.128. The van der Waals surface area contributed by atoms with Crippen molar-refractivity contribution in [1.29, 1.82) is 0 Å². The molecule has 172 valence electrons. The fraction of sp³-hybridized carbons (Fsp3) is 0.154. The lowest BCUT2D eigenvalue weighted by atomic mass is 10.1. The molecule has 8 heteroatoms. The van der Waals surface area contributed by atoms with Gasteiger partial charge in [0.05, 0.1) is 11.3 Å². The second-order valence-electron chi connectivity index (χ2n) is 7.70. The zero-order chi connectivity index (χ0) is 23.9. The van der Waals surface area contributed by atoms with E-state index < -0.39 is 11.2 Å². The third kappa shape index (κ3) is 5.90. The van der Waals surface area contributed by atoms with Gasteiger partial charge in [-0.05, 0) is 48.4 Å². The predicted octanol–water partition coefficient (Wildman–Crippen LogP) is 4.59. The number of benzene rings is 3. The monoisotopic (exact) mass is 473 g/mol. The fourth-order valence-electron chi connectivity index (χ4n) is 3.51. The number of thioether (sulfide) groups is 1. The molecular formula is C26H23N3O4S. The molecule has 0 unspecified atom stereocenters. The van der Waals surface area contributed by atoms with E-state index in [2.05, 4.69) is 10.3 Å². The van der Waals surface area contributed by atoms with Gasteiger partial charge in [0.15, 0.2) is 5.17 Å². The molecule has 1 heterocycles. The molecule has 2 N–H and O–H groups in total. The largest absolute Gasteiger partial charge is 0.478 e. The summed E-state index contributed by atoms with van der Waals surface area (Å²) in [6, 6.07) is 25.2. The summed E-state index contributed by atoms with van der Waals surface area (Å²) < 4.78 is 0. The van der Waals surface area contributed by atoms with E-state index in [0.717, 1.165) is 11.3 Å². The third-order valence-corrected chi connectivity index (χ3v) is 6.43. The molecule has 4 rings (SSSR count). The molecule has 0 radical (unpaired) electrons. The van der Waals surface area contributed by atoms with Crippen molar-refractivity contribution < 1.29 is 19.5 Å². The molecule has 3 aromatic rings. The molecule has 0 aromatic heterocycles. The van der Waals surface area contributed by atoms with E-state index in [1.165, 1.54) is 36.0 Å². The zero-order valence-electron chi connectivity index (χ0n) is 18.3.